The van der Waals surface area contributed by atoms with E-state index < -0.39 is 0 Å². The first-order valence-electron chi connectivity index (χ1n) is 12.4. The lowest BCUT2D eigenvalue weighted by Gasteiger charge is -2.27. The molecule has 0 aliphatic heterocycles. The largest absolute Gasteiger partial charge is 0.392 e. The zero-order valence-corrected chi connectivity index (χ0v) is 20.2. The third-order valence-corrected chi connectivity index (χ3v) is 6.16. The van der Waals surface area contributed by atoms with Gasteiger partial charge in [0, 0.05) is 19.0 Å². The second-order valence-electron chi connectivity index (χ2n) is 9.27. The summed E-state index contributed by atoms with van der Waals surface area (Å²) in [6.45, 7) is 12.1. The first-order chi connectivity index (χ1) is 13.8. The van der Waals surface area contributed by atoms with E-state index in [1.165, 1.54) is 44.9 Å². The Morgan fingerprint density at radius 2 is 1.41 bits per heavy atom. The van der Waals surface area contributed by atoms with E-state index >= 15 is 0 Å². The summed E-state index contributed by atoms with van der Waals surface area (Å²) >= 11 is 0. The zero-order valence-electron chi connectivity index (χ0n) is 20.2. The van der Waals surface area contributed by atoms with Crippen molar-refractivity contribution in [2.24, 2.45) is 11.8 Å². The quantitative estimate of drug-likeness (QED) is 0.255. The summed E-state index contributed by atoms with van der Waals surface area (Å²) in [5, 5.41) is 20.3. The molecule has 0 amide bonds. The molecule has 4 heteroatoms. The molecule has 0 heterocycles. The van der Waals surface area contributed by atoms with Crippen LogP contribution < -0.4 is 0 Å². The van der Waals surface area contributed by atoms with Crippen molar-refractivity contribution < 1.29 is 15.0 Å². The highest BCUT2D eigenvalue weighted by atomic mass is 16.3. The van der Waals surface area contributed by atoms with E-state index in [1.807, 2.05) is 6.92 Å². The number of unbranched alkanes of at least 4 members (excludes halogenated alkanes) is 7. The van der Waals surface area contributed by atoms with Crippen LogP contribution in [0.5, 0.6) is 0 Å². The molecule has 0 saturated carbocycles. The Morgan fingerprint density at radius 1 is 0.828 bits per heavy atom. The van der Waals surface area contributed by atoms with Crippen molar-refractivity contribution >= 4 is 5.78 Å². The summed E-state index contributed by atoms with van der Waals surface area (Å²) in [7, 11) is 0. The van der Waals surface area contributed by atoms with Crippen molar-refractivity contribution in [1.29, 1.82) is 0 Å². The van der Waals surface area contributed by atoms with Gasteiger partial charge in [-0.15, -0.1) is 0 Å². The van der Waals surface area contributed by atoms with Crippen LogP contribution in [0, 0.1) is 11.8 Å². The van der Waals surface area contributed by atoms with Crippen LogP contribution in [0.25, 0.3) is 0 Å². The number of hydrogen-bond acceptors (Lipinski definition) is 4. The number of nitrogens with zero attached hydrogens (tertiary/aromatic N) is 1. The molecule has 0 aromatic carbocycles. The van der Waals surface area contributed by atoms with Crippen LogP contribution in [0.3, 0.4) is 0 Å². The van der Waals surface area contributed by atoms with Gasteiger partial charge in [-0.2, -0.15) is 0 Å². The van der Waals surface area contributed by atoms with E-state index in [4.69, 9.17) is 0 Å². The van der Waals surface area contributed by atoms with Crippen molar-refractivity contribution in [2.45, 2.75) is 124 Å². The highest BCUT2D eigenvalue weighted by molar-refractivity contribution is 5.78. The SMILES string of the molecule is CCCCCCCCCCC(O)CN(CCCC(C)C(CC)C(C)=O)CC(C)O. The Labute approximate surface area is 181 Å². The number of carbonyl (C=O) groups is 1. The summed E-state index contributed by atoms with van der Waals surface area (Å²) in [6.07, 6.45) is 13.3. The summed E-state index contributed by atoms with van der Waals surface area (Å²) in [5.41, 5.74) is 0. The fourth-order valence-electron chi connectivity index (χ4n) is 4.46. The molecule has 174 valence electrons. The predicted octanol–water partition coefficient (Wildman–Crippen LogP) is 5.59. The van der Waals surface area contributed by atoms with Gasteiger partial charge in [0.15, 0.2) is 0 Å². The molecule has 0 fully saturated rings. The number of rotatable bonds is 20. The molecule has 0 aliphatic carbocycles. The number of Topliss-reactive ketones (excluding diaryl/α,β-unsaturated/α-hetero) is 1. The van der Waals surface area contributed by atoms with Gasteiger partial charge in [-0.3, -0.25) is 9.69 Å². The normalized spacial score (nSPS) is 16.0. The molecule has 0 saturated heterocycles. The second kappa shape index (κ2) is 18.3. The smallest absolute Gasteiger partial charge is 0.133 e. The maximum Gasteiger partial charge on any atom is 0.133 e. The molecule has 0 aromatic heterocycles. The minimum absolute atomic E-state index is 0.160. The zero-order chi connectivity index (χ0) is 22.1. The van der Waals surface area contributed by atoms with Gasteiger partial charge in [0.25, 0.3) is 0 Å². The third kappa shape index (κ3) is 16.0. The van der Waals surface area contributed by atoms with Gasteiger partial charge in [-0.05, 0) is 52.0 Å². The van der Waals surface area contributed by atoms with E-state index in [0.717, 1.165) is 38.6 Å². The number of carbonyl (C=O) groups excluding carboxylic acids is 1. The first-order valence-corrected chi connectivity index (χ1v) is 12.4. The molecule has 0 aliphatic rings. The van der Waals surface area contributed by atoms with Crippen LogP contribution in [0.15, 0.2) is 0 Å². The number of aliphatic hydroxyl groups is 2. The van der Waals surface area contributed by atoms with Gasteiger partial charge >= 0.3 is 0 Å². The van der Waals surface area contributed by atoms with Crippen LogP contribution >= 0.6 is 0 Å². The fourth-order valence-corrected chi connectivity index (χ4v) is 4.46. The molecule has 4 nitrogen and oxygen atoms in total. The van der Waals surface area contributed by atoms with E-state index in [9.17, 15) is 15.0 Å². The van der Waals surface area contributed by atoms with Crippen LogP contribution in [0.4, 0.5) is 0 Å². The van der Waals surface area contributed by atoms with Crippen molar-refractivity contribution in [3.63, 3.8) is 0 Å². The van der Waals surface area contributed by atoms with Crippen LogP contribution in [-0.2, 0) is 4.79 Å². The lowest BCUT2D eigenvalue weighted by Crippen LogP contribution is -2.38. The molecular weight excluding hydrogens is 362 g/mol. The molecule has 4 unspecified atom stereocenters. The Balaban J connectivity index is 4.12. The van der Waals surface area contributed by atoms with Crippen LogP contribution in [-0.4, -0.2) is 52.7 Å². The van der Waals surface area contributed by atoms with E-state index in [-0.39, 0.29) is 18.1 Å². The lowest BCUT2D eigenvalue weighted by molar-refractivity contribution is -0.122. The van der Waals surface area contributed by atoms with Gasteiger partial charge in [0.1, 0.15) is 5.78 Å². The molecular formula is C25H51NO3. The van der Waals surface area contributed by atoms with Crippen LogP contribution in [0.1, 0.15) is 112 Å². The summed E-state index contributed by atoms with van der Waals surface area (Å²) in [6, 6.07) is 0. The molecule has 29 heavy (non-hydrogen) atoms. The molecule has 0 bridgehead atoms. The first kappa shape index (κ1) is 28.5. The van der Waals surface area contributed by atoms with E-state index in [2.05, 4.69) is 25.7 Å². The Kier molecular flexibility index (Phi) is 18.0. The summed E-state index contributed by atoms with van der Waals surface area (Å²) in [4.78, 5) is 13.9. The second-order valence-corrected chi connectivity index (χ2v) is 9.27. The minimum atomic E-state index is -0.386. The highest BCUT2D eigenvalue weighted by Crippen LogP contribution is 2.21. The van der Waals surface area contributed by atoms with Gasteiger partial charge in [0.05, 0.1) is 12.2 Å². The van der Waals surface area contributed by atoms with E-state index in [1.54, 1.807) is 6.92 Å². The molecule has 0 radical (unpaired) electrons. The average molecular weight is 414 g/mol. The number of ketones is 1. The van der Waals surface area contributed by atoms with Crippen molar-refractivity contribution in [3.8, 4) is 0 Å². The molecule has 0 rings (SSSR count). The fraction of sp³-hybridized carbons (Fsp3) is 0.960. The lowest BCUT2D eigenvalue weighted by atomic mass is 9.85. The molecule has 2 N–H and O–H groups in total. The van der Waals surface area contributed by atoms with Gasteiger partial charge < -0.3 is 10.2 Å². The van der Waals surface area contributed by atoms with Crippen molar-refractivity contribution in [3.05, 3.63) is 0 Å². The third-order valence-electron chi connectivity index (χ3n) is 6.16. The van der Waals surface area contributed by atoms with Gasteiger partial charge in [-0.1, -0.05) is 72.1 Å². The Morgan fingerprint density at radius 3 is 1.93 bits per heavy atom. The van der Waals surface area contributed by atoms with Crippen LogP contribution in [0.2, 0.25) is 0 Å². The monoisotopic (exact) mass is 413 g/mol. The summed E-state index contributed by atoms with van der Waals surface area (Å²) in [5.74, 6) is 0.850. The average Bonchev–Trinajstić information content (AvgIpc) is 2.63. The number of aliphatic hydroxyl groups excluding tert-OH is 2. The maximum atomic E-state index is 11.7. The van der Waals surface area contributed by atoms with Crippen molar-refractivity contribution in [1.82, 2.24) is 4.90 Å². The minimum Gasteiger partial charge on any atom is -0.392 e. The number of hydrogen-bond donors (Lipinski definition) is 2. The Bertz CT molecular complexity index is 386. The Hall–Kier alpha value is -0.450. The molecule has 0 aromatic rings. The summed E-state index contributed by atoms with van der Waals surface area (Å²) < 4.78 is 0. The van der Waals surface area contributed by atoms with E-state index in [0.29, 0.717) is 24.8 Å². The standard InChI is InChI=1S/C25H51NO3/c1-6-8-9-10-11-12-13-14-17-24(29)20-26(19-22(4)27)18-15-16-21(3)25(7-2)23(5)28/h21-22,24-25,27,29H,6-20H2,1-5H3. The predicted molar refractivity (Wildman–Crippen MR) is 124 cm³/mol. The highest BCUT2D eigenvalue weighted by Gasteiger charge is 2.20. The van der Waals surface area contributed by atoms with Crippen molar-refractivity contribution in [2.75, 3.05) is 19.6 Å². The van der Waals surface area contributed by atoms with Gasteiger partial charge in [-0.25, -0.2) is 0 Å². The molecule has 4 atom stereocenters. The van der Waals surface area contributed by atoms with Gasteiger partial charge in [0.2, 0.25) is 0 Å². The maximum absolute atomic E-state index is 11.7. The topological polar surface area (TPSA) is 60.8 Å². The molecule has 0 spiro atoms.